The van der Waals surface area contributed by atoms with Gasteiger partial charge in [0, 0.05) is 6.54 Å². The molecule has 0 spiro atoms. The Kier molecular flexibility index (Phi) is 4.07. The molecule has 0 amide bonds. The van der Waals surface area contributed by atoms with Crippen LogP contribution < -0.4 is 5.73 Å². The van der Waals surface area contributed by atoms with Gasteiger partial charge in [-0.2, -0.15) is 5.26 Å². The Bertz CT molecular complexity index is 236. The summed E-state index contributed by atoms with van der Waals surface area (Å²) in [7, 11) is 0. The molecule has 1 saturated heterocycles. The highest BCUT2D eigenvalue weighted by Crippen LogP contribution is 2.11. The quantitative estimate of drug-likeness (QED) is 0.685. The van der Waals surface area contributed by atoms with Crippen molar-refractivity contribution >= 4 is 11.6 Å². The maximum Gasteiger partial charge on any atom is 0.138 e. The van der Waals surface area contributed by atoms with Crippen molar-refractivity contribution in [2.24, 2.45) is 5.73 Å². The molecule has 1 heterocycles. The first-order valence-electron chi connectivity index (χ1n) is 4.50. The van der Waals surface area contributed by atoms with Gasteiger partial charge in [0.15, 0.2) is 0 Å². The molecule has 0 aromatic heterocycles. The fourth-order valence-electron chi connectivity index (χ4n) is 1.50. The summed E-state index contributed by atoms with van der Waals surface area (Å²) in [6.45, 7) is 2.76. The normalized spacial score (nSPS) is 20.6. The molecule has 0 aromatic rings. The monoisotopic (exact) mass is 199 g/mol. The number of nitriles is 1. The third-order valence-corrected chi connectivity index (χ3v) is 2.55. The molecule has 0 atom stereocenters. The van der Waals surface area contributed by atoms with Crippen molar-refractivity contribution < 1.29 is 0 Å². The number of piperidine rings is 1. The topological polar surface area (TPSA) is 53.1 Å². The van der Waals surface area contributed by atoms with Gasteiger partial charge < -0.3 is 5.73 Å². The molecule has 0 bridgehead atoms. The van der Waals surface area contributed by atoms with Crippen molar-refractivity contribution in [2.45, 2.75) is 19.3 Å². The van der Waals surface area contributed by atoms with Crippen molar-refractivity contribution in [3.63, 3.8) is 0 Å². The Morgan fingerprint density at radius 2 is 2.00 bits per heavy atom. The van der Waals surface area contributed by atoms with Crippen LogP contribution in [0.1, 0.15) is 19.3 Å². The van der Waals surface area contributed by atoms with Gasteiger partial charge in [-0.25, -0.2) is 0 Å². The van der Waals surface area contributed by atoms with Gasteiger partial charge in [0.25, 0.3) is 0 Å². The first kappa shape index (κ1) is 10.4. The van der Waals surface area contributed by atoms with E-state index in [0.29, 0.717) is 12.2 Å². The van der Waals surface area contributed by atoms with E-state index in [4.69, 9.17) is 22.6 Å². The SMILES string of the molecule is N#C/C(Cl)=C(\N)CN1CCCCC1. The van der Waals surface area contributed by atoms with E-state index in [-0.39, 0.29) is 5.03 Å². The number of halogens is 1. The Labute approximate surface area is 83.8 Å². The highest BCUT2D eigenvalue weighted by atomic mass is 35.5. The summed E-state index contributed by atoms with van der Waals surface area (Å²) in [4.78, 5) is 2.23. The predicted octanol–water partition coefficient (Wildman–Crippen LogP) is 1.40. The van der Waals surface area contributed by atoms with E-state index < -0.39 is 0 Å². The number of rotatable bonds is 2. The lowest BCUT2D eigenvalue weighted by atomic mass is 10.1. The molecular formula is C9H14ClN3. The molecule has 1 fully saturated rings. The summed E-state index contributed by atoms with van der Waals surface area (Å²) in [6.07, 6.45) is 3.74. The van der Waals surface area contributed by atoms with E-state index in [2.05, 4.69) is 4.90 Å². The Balaban J connectivity index is 2.44. The number of nitrogens with two attached hydrogens (primary N) is 1. The van der Waals surface area contributed by atoms with Gasteiger partial charge in [-0.05, 0) is 25.9 Å². The molecule has 0 saturated carbocycles. The van der Waals surface area contributed by atoms with Crippen LogP contribution in [0.25, 0.3) is 0 Å². The fourth-order valence-corrected chi connectivity index (χ4v) is 1.56. The maximum atomic E-state index is 8.50. The summed E-state index contributed by atoms with van der Waals surface area (Å²) in [5.74, 6) is 0. The van der Waals surface area contributed by atoms with Gasteiger partial charge in [0.1, 0.15) is 11.1 Å². The Hall–Kier alpha value is -0.720. The molecule has 4 heteroatoms. The van der Waals surface area contributed by atoms with E-state index in [1.54, 1.807) is 0 Å². The Morgan fingerprint density at radius 3 is 2.54 bits per heavy atom. The van der Waals surface area contributed by atoms with Crippen molar-refractivity contribution in [2.75, 3.05) is 19.6 Å². The number of hydrogen-bond donors (Lipinski definition) is 1. The molecule has 1 aliphatic rings. The zero-order valence-corrected chi connectivity index (χ0v) is 8.35. The average Bonchev–Trinajstić information content (AvgIpc) is 2.18. The average molecular weight is 200 g/mol. The lowest BCUT2D eigenvalue weighted by molar-refractivity contribution is 0.246. The van der Waals surface area contributed by atoms with Gasteiger partial charge in [-0.3, -0.25) is 4.90 Å². The summed E-state index contributed by atoms with van der Waals surface area (Å²) >= 11 is 5.60. The summed E-state index contributed by atoms with van der Waals surface area (Å²) in [5.41, 5.74) is 6.13. The molecular weight excluding hydrogens is 186 g/mol. The molecule has 72 valence electrons. The van der Waals surface area contributed by atoms with Crippen LogP contribution in [0, 0.1) is 11.3 Å². The van der Waals surface area contributed by atoms with E-state index in [9.17, 15) is 0 Å². The zero-order valence-electron chi connectivity index (χ0n) is 7.59. The van der Waals surface area contributed by atoms with E-state index in [0.717, 1.165) is 13.1 Å². The standard InChI is InChI=1S/C9H14ClN3/c10-8(6-11)9(12)7-13-4-2-1-3-5-13/h1-5,7,12H2/b9-8+. The highest BCUT2D eigenvalue weighted by molar-refractivity contribution is 6.32. The number of hydrogen-bond acceptors (Lipinski definition) is 3. The number of nitrogens with zero attached hydrogens (tertiary/aromatic N) is 2. The van der Waals surface area contributed by atoms with Crippen LogP contribution in [-0.4, -0.2) is 24.5 Å². The van der Waals surface area contributed by atoms with Crippen LogP contribution in [0.2, 0.25) is 0 Å². The third-order valence-electron chi connectivity index (χ3n) is 2.22. The number of allylic oxidation sites excluding steroid dienone is 1. The lowest BCUT2D eigenvalue weighted by Gasteiger charge is -2.26. The van der Waals surface area contributed by atoms with Crippen molar-refractivity contribution in [3.8, 4) is 6.07 Å². The van der Waals surface area contributed by atoms with Gasteiger partial charge >= 0.3 is 0 Å². The summed E-state index contributed by atoms with van der Waals surface area (Å²) in [6, 6.07) is 1.85. The van der Waals surface area contributed by atoms with Gasteiger partial charge in [-0.15, -0.1) is 0 Å². The largest absolute Gasteiger partial charge is 0.399 e. The molecule has 0 radical (unpaired) electrons. The molecule has 1 aliphatic heterocycles. The molecule has 0 aromatic carbocycles. The van der Waals surface area contributed by atoms with E-state index in [1.165, 1.54) is 19.3 Å². The minimum Gasteiger partial charge on any atom is -0.399 e. The van der Waals surface area contributed by atoms with E-state index >= 15 is 0 Å². The number of likely N-dealkylation sites (tertiary alicyclic amines) is 1. The van der Waals surface area contributed by atoms with E-state index in [1.807, 2.05) is 6.07 Å². The maximum absolute atomic E-state index is 8.50. The molecule has 1 rings (SSSR count). The van der Waals surface area contributed by atoms with Crippen LogP contribution in [0.3, 0.4) is 0 Å². The zero-order chi connectivity index (χ0) is 9.68. The van der Waals surface area contributed by atoms with Crippen LogP contribution in [-0.2, 0) is 0 Å². The predicted molar refractivity (Wildman–Crippen MR) is 53.0 cm³/mol. The van der Waals surface area contributed by atoms with Crippen LogP contribution in [0.5, 0.6) is 0 Å². The second-order valence-corrected chi connectivity index (χ2v) is 3.67. The van der Waals surface area contributed by atoms with Crippen LogP contribution in [0.4, 0.5) is 0 Å². The first-order valence-corrected chi connectivity index (χ1v) is 4.88. The van der Waals surface area contributed by atoms with Crippen LogP contribution >= 0.6 is 11.6 Å². The van der Waals surface area contributed by atoms with Gasteiger partial charge in [0.05, 0.1) is 5.70 Å². The minimum absolute atomic E-state index is 0.130. The first-order chi connectivity index (χ1) is 6.24. The highest BCUT2D eigenvalue weighted by Gasteiger charge is 2.11. The molecule has 0 unspecified atom stereocenters. The minimum atomic E-state index is 0.130. The third kappa shape index (κ3) is 3.25. The second-order valence-electron chi connectivity index (χ2n) is 3.29. The van der Waals surface area contributed by atoms with Gasteiger partial charge in [-0.1, -0.05) is 18.0 Å². The van der Waals surface area contributed by atoms with Crippen molar-refractivity contribution in [1.82, 2.24) is 4.90 Å². The second kappa shape index (κ2) is 5.11. The van der Waals surface area contributed by atoms with Crippen LogP contribution in [0.15, 0.2) is 10.7 Å². The Morgan fingerprint density at radius 1 is 1.38 bits per heavy atom. The lowest BCUT2D eigenvalue weighted by Crippen LogP contribution is -2.33. The van der Waals surface area contributed by atoms with Gasteiger partial charge in [0.2, 0.25) is 0 Å². The molecule has 0 aliphatic carbocycles. The fraction of sp³-hybridized carbons (Fsp3) is 0.667. The summed E-state index contributed by atoms with van der Waals surface area (Å²) < 4.78 is 0. The van der Waals surface area contributed by atoms with Crippen molar-refractivity contribution in [3.05, 3.63) is 10.7 Å². The smallest absolute Gasteiger partial charge is 0.138 e. The summed E-state index contributed by atoms with van der Waals surface area (Å²) in [5, 5.41) is 8.63. The molecule has 2 N–H and O–H groups in total. The molecule has 13 heavy (non-hydrogen) atoms. The molecule has 3 nitrogen and oxygen atoms in total. The van der Waals surface area contributed by atoms with Crippen molar-refractivity contribution in [1.29, 1.82) is 5.26 Å².